The highest BCUT2D eigenvalue weighted by Gasteiger charge is 2.17. The van der Waals surface area contributed by atoms with E-state index in [2.05, 4.69) is 22.0 Å². The fourth-order valence-electron chi connectivity index (χ4n) is 3.16. The van der Waals surface area contributed by atoms with Crippen molar-refractivity contribution < 1.29 is 9.53 Å². The van der Waals surface area contributed by atoms with Gasteiger partial charge in [-0.1, -0.05) is 25.1 Å². The Labute approximate surface area is 164 Å². The zero-order chi connectivity index (χ0) is 19.3. The summed E-state index contributed by atoms with van der Waals surface area (Å²) in [7, 11) is 0. The van der Waals surface area contributed by atoms with Crippen LogP contribution in [-0.2, 0) is 22.5 Å². The zero-order valence-corrected chi connectivity index (χ0v) is 15.9. The van der Waals surface area contributed by atoms with Crippen LogP contribution in [-0.4, -0.2) is 56.9 Å². The van der Waals surface area contributed by atoms with Gasteiger partial charge in [0.1, 0.15) is 6.54 Å². The number of aromatic nitrogens is 4. The molecule has 1 saturated heterocycles. The topological polar surface area (TPSA) is 73.1 Å². The molecule has 0 radical (unpaired) electrons. The molecule has 7 nitrogen and oxygen atoms in total. The van der Waals surface area contributed by atoms with Crippen LogP contribution in [0.3, 0.4) is 0 Å². The number of aryl methyl sites for hydroxylation is 1. The van der Waals surface area contributed by atoms with Crippen LogP contribution < -0.4 is 0 Å². The molecule has 0 unspecified atom stereocenters. The number of hydrogen-bond acceptors (Lipinski definition) is 5. The summed E-state index contributed by atoms with van der Waals surface area (Å²) < 4.78 is 6.98. The molecule has 1 amide bonds. The maximum atomic E-state index is 12.4. The van der Waals surface area contributed by atoms with Crippen LogP contribution in [0.15, 0.2) is 48.9 Å². The van der Waals surface area contributed by atoms with Crippen molar-refractivity contribution in [1.82, 2.24) is 24.6 Å². The summed E-state index contributed by atoms with van der Waals surface area (Å²) >= 11 is 0. The van der Waals surface area contributed by atoms with Crippen molar-refractivity contribution in [3.63, 3.8) is 0 Å². The van der Waals surface area contributed by atoms with Crippen LogP contribution in [0.25, 0.3) is 22.6 Å². The first-order valence-corrected chi connectivity index (χ1v) is 9.53. The van der Waals surface area contributed by atoms with Gasteiger partial charge < -0.3 is 9.64 Å². The molecule has 1 aliphatic rings. The van der Waals surface area contributed by atoms with Gasteiger partial charge in [-0.15, -0.1) is 0 Å². The van der Waals surface area contributed by atoms with Crippen LogP contribution in [0.4, 0.5) is 0 Å². The second-order valence-corrected chi connectivity index (χ2v) is 6.74. The molecule has 0 aliphatic carbocycles. The molecular formula is C21H23N5O2. The van der Waals surface area contributed by atoms with E-state index >= 15 is 0 Å². The Morgan fingerprint density at radius 2 is 1.86 bits per heavy atom. The van der Waals surface area contributed by atoms with Gasteiger partial charge in [-0.25, -0.2) is 9.97 Å². The van der Waals surface area contributed by atoms with Crippen molar-refractivity contribution in [2.24, 2.45) is 0 Å². The third-order valence-corrected chi connectivity index (χ3v) is 4.83. The minimum atomic E-state index is 0.0658. The fraction of sp³-hybridized carbons (Fsp3) is 0.333. The maximum Gasteiger partial charge on any atom is 0.244 e. The van der Waals surface area contributed by atoms with Gasteiger partial charge in [0.15, 0.2) is 5.82 Å². The fourth-order valence-corrected chi connectivity index (χ4v) is 3.16. The predicted octanol–water partition coefficient (Wildman–Crippen LogP) is 2.43. The van der Waals surface area contributed by atoms with Gasteiger partial charge in [-0.2, -0.15) is 5.10 Å². The molecule has 1 aromatic carbocycles. The summed E-state index contributed by atoms with van der Waals surface area (Å²) in [4.78, 5) is 23.1. The highest BCUT2D eigenvalue weighted by molar-refractivity contribution is 5.76. The number of hydrogen-bond donors (Lipinski definition) is 0. The first-order chi connectivity index (χ1) is 13.7. The van der Waals surface area contributed by atoms with Crippen molar-refractivity contribution in [2.45, 2.75) is 19.9 Å². The van der Waals surface area contributed by atoms with Gasteiger partial charge in [0.25, 0.3) is 0 Å². The van der Waals surface area contributed by atoms with Crippen molar-refractivity contribution >= 4 is 5.91 Å². The smallest absolute Gasteiger partial charge is 0.244 e. The molecule has 4 rings (SSSR count). The molecule has 2 aromatic heterocycles. The first kappa shape index (κ1) is 18.3. The number of carbonyl (C=O) groups is 1. The monoisotopic (exact) mass is 377 g/mol. The van der Waals surface area contributed by atoms with Crippen LogP contribution >= 0.6 is 0 Å². The van der Waals surface area contributed by atoms with Gasteiger partial charge in [0, 0.05) is 42.8 Å². The Balaban J connectivity index is 1.49. The van der Waals surface area contributed by atoms with Crippen molar-refractivity contribution in [1.29, 1.82) is 0 Å². The summed E-state index contributed by atoms with van der Waals surface area (Å²) in [6.45, 7) is 4.81. The predicted molar refractivity (Wildman–Crippen MR) is 105 cm³/mol. The minimum Gasteiger partial charge on any atom is -0.378 e. The summed E-state index contributed by atoms with van der Waals surface area (Å²) in [5.41, 5.74) is 3.85. The van der Waals surface area contributed by atoms with Gasteiger partial charge >= 0.3 is 0 Å². The molecule has 0 spiro atoms. The second-order valence-electron chi connectivity index (χ2n) is 6.74. The molecule has 28 heavy (non-hydrogen) atoms. The normalized spacial score (nSPS) is 14.2. The molecule has 144 valence electrons. The number of carbonyl (C=O) groups excluding carboxylic acids is 1. The quantitative estimate of drug-likeness (QED) is 0.683. The first-order valence-electron chi connectivity index (χ1n) is 9.53. The number of amides is 1. The number of morpholine rings is 1. The molecule has 0 atom stereocenters. The minimum absolute atomic E-state index is 0.0658. The van der Waals surface area contributed by atoms with E-state index in [-0.39, 0.29) is 12.5 Å². The van der Waals surface area contributed by atoms with Gasteiger partial charge in [0.2, 0.25) is 5.91 Å². The Kier molecular flexibility index (Phi) is 5.43. The average Bonchev–Trinajstić information content (AvgIpc) is 3.23. The van der Waals surface area contributed by atoms with Gasteiger partial charge in [-0.3, -0.25) is 9.48 Å². The van der Waals surface area contributed by atoms with E-state index in [1.54, 1.807) is 4.68 Å². The Morgan fingerprint density at radius 3 is 2.61 bits per heavy atom. The molecule has 1 aliphatic heterocycles. The van der Waals surface area contributed by atoms with Gasteiger partial charge in [0.05, 0.1) is 18.9 Å². The third-order valence-electron chi connectivity index (χ3n) is 4.83. The lowest BCUT2D eigenvalue weighted by Crippen LogP contribution is -2.42. The lowest BCUT2D eigenvalue weighted by molar-refractivity contribution is -0.136. The van der Waals surface area contributed by atoms with Crippen molar-refractivity contribution in [2.75, 3.05) is 26.3 Å². The molecule has 0 saturated carbocycles. The van der Waals surface area contributed by atoms with Crippen LogP contribution in [0, 0.1) is 0 Å². The van der Waals surface area contributed by atoms with Crippen molar-refractivity contribution in [3.05, 3.63) is 54.5 Å². The lowest BCUT2D eigenvalue weighted by Gasteiger charge is -2.26. The van der Waals surface area contributed by atoms with E-state index < -0.39 is 0 Å². The van der Waals surface area contributed by atoms with E-state index in [0.29, 0.717) is 32.1 Å². The largest absolute Gasteiger partial charge is 0.378 e. The molecule has 3 aromatic rings. The van der Waals surface area contributed by atoms with E-state index in [4.69, 9.17) is 4.74 Å². The lowest BCUT2D eigenvalue weighted by atomic mass is 10.1. The maximum absolute atomic E-state index is 12.4. The van der Waals surface area contributed by atoms with Crippen molar-refractivity contribution in [3.8, 4) is 22.6 Å². The average molecular weight is 377 g/mol. The number of benzene rings is 1. The molecule has 7 heteroatoms. The zero-order valence-electron chi connectivity index (χ0n) is 15.9. The second kappa shape index (κ2) is 8.31. The van der Waals surface area contributed by atoms with Gasteiger partial charge in [-0.05, 0) is 24.1 Å². The Hall–Kier alpha value is -3.06. The summed E-state index contributed by atoms with van der Waals surface area (Å²) in [6, 6.07) is 9.91. The highest BCUT2D eigenvalue weighted by atomic mass is 16.5. The number of nitrogens with zero attached hydrogens (tertiary/aromatic N) is 5. The highest BCUT2D eigenvalue weighted by Crippen LogP contribution is 2.23. The number of rotatable bonds is 5. The Morgan fingerprint density at radius 1 is 1.11 bits per heavy atom. The van der Waals surface area contributed by atoms with Crippen LogP contribution in [0.5, 0.6) is 0 Å². The van der Waals surface area contributed by atoms with E-state index in [9.17, 15) is 4.79 Å². The number of ether oxygens (including phenoxy) is 1. The molecule has 0 bridgehead atoms. The molecule has 0 N–H and O–H groups in total. The van der Waals surface area contributed by atoms with E-state index in [1.807, 2.05) is 53.8 Å². The SMILES string of the molecule is CCc1cnc(-c2cccc(-c3ccn(CC(=O)N4CCOCC4)n3)c2)nc1. The standard InChI is InChI=1S/C21H23N5O2/c1-2-16-13-22-21(23-14-16)18-5-3-4-17(12-18)19-6-7-26(24-19)15-20(27)25-8-10-28-11-9-25/h3-7,12-14H,2,8-11,15H2,1H3. The summed E-state index contributed by atoms with van der Waals surface area (Å²) in [5.74, 6) is 0.761. The van der Waals surface area contributed by atoms with Crippen LogP contribution in [0.2, 0.25) is 0 Å². The Bertz CT molecular complexity index is 945. The molecule has 1 fully saturated rings. The molecular weight excluding hydrogens is 354 g/mol. The third kappa shape index (κ3) is 4.09. The van der Waals surface area contributed by atoms with E-state index in [0.717, 1.165) is 28.8 Å². The summed E-state index contributed by atoms with van der Waals surface area (Å²) in [5, 5.41) is 4.57. The summed E-state index contributed by atoms with van der Waals surface area (Å²) in [6.07, 6.45) is 6.48. The van der Waals surface area contributed by atoms with Crippen LogP contribution in [0.1, 0.15) is 12.5 Å². The van der Waals surface area contributed by atoms with E-state index in [1.165, 1.54) is 0 Å². The molecule has 3 heterocycles.